The molecule has 1 aromatic rings. The number of rotatable bonds is 2. The molecule has 1 aromatic heterocycles. The zero-order valence-corrected chi connectivity index (χ0v) is 13.7. The van der Waals surface area contributed by atoms with Gasteiger partial charge >= 0.3 is 6.03 Å². The van der Waals surface area contributed by atoms with E-state index in [2.05, 4.69) is 31.7 Å². The molecule has 2 aliphatic heterocycles. The molecule has 2 saturated heterocycles. The summed E-state index contributed by atoms with van der Waals surface area (Å²) in [6, 6.07) is -0.325. The maximum atomic E-state index is 12.7. The Morgan fingerprint density at radius 1 is 1.43 bits per heavy atom. The summed E-state index contributed by atoms with van der Waals surface area (Å²) in [4.78, 5) is 26.2. The van der Waals surface area contributed by atoms with Crippen LogP contribution in [-0.2, 0) is 18.4 Å². The molecule has 7 nitrogen and oxygen atoms in total. The first-order valence-corrected chi connectivity index (χ1v) is 7.77. The van der Waals surface area contributed by atoms with E-state index in [0.29, 0.717) is 13.0 Å². The highest BCUT2D eigenvalue weighted by molar-refractivity contribution is 9.10. The molecule has 0 radical (unpaired) electrons. The van der Waals surface area contributed by atoms with Gasteiger partial charge in [-0.25, -0.2) is 4.79 Å². The van der Waals surface area contributed by atoms with Crippen LogP contribution in [0.15, 0.2) is 4.47 Å². The summed E-state index contributed by atoms with van der Waals surface area (Å²) >= 11 is 3.47. The molecular weight excluding hydrogens is 338 g/mol. The fourth-order valence-electron chi connectivity index (χ4n) is 3.02. The van der Waals surface area contributed by atoms with Gasteiger partial charge in [-0.2, -0.15) is 5.10 Å². The van der Waals surface area contributed by atoms with Gasteiger partial charge in [0.25, 0.3) is 5.91 Å². The summed E-state index contributed by atoms with van der Waals surface area (Å²) in [7, 11) is 1.81. The summed E-state index contributed by atoms with van der Waals surface area (Å²) in [5.74, 6) is -0.148. The first-order valence-electron chi connectivity index (χ1n) is 6.97. The molecule has 1 spiro atoms. The lowest BCUT2D eigenvalue weighted by atomic mass is 9.90. The molecule has 0 aliphatic carbocycles. The minimum Gasteiger partial charge on any atom is -0.322 e. The van der Waals surface area contributed by atoms with E-state index < -0.39 is 5.54 Å². The lowest BCUT2D eigenvalue weighted by Gasteiger charge is -2.31. The van der Waals surface area contributed by atoms with Gasteiger partial charge in [-0.15, -0.1) is 0 Å². The van der Waals surface area contributed by atoms with Gasteiger partial charge in [0, 0.05) is 13.6 Å². The minimum atomic E-state index is -0.768. The summed E-state index contributed by atoms with van der Waals surface area (Å²) in [5, 5.41) is 10.4. The topological polar surface area (TPSA) is 79.3 Å². The molecule has 8 heteroatoms. The van der Waals surface area contributed by atoms with Gasteiger partial charge in [0.2, 0.25) is 0 Å². The van der Waals surface area contributed by atoms with Crippen LogP contribution in [0.1, 0.15) is 24.2 Å². The number of carbonyl (C=O) groups excluding carboxylic acids is 2. The third-order valence-corrected chi connectivity index (χ3v) is 5.23. The third kappa shape index (κ3) is 2.26. The zero-order chi connectivity index (χ0) is 15.2. The van der Waals surface area contributed by atoms with Crippen molar-refractivity contribution in [1.29, 1.82) is 0 Å². The average molecular weight is 356 g/mol. The van der Waals surface area contributed by atoms with Crippen LogP contribution < -0.4 is 10.6 Å². The molecule has 2 N–H and O–H groups in total. The number of piperidine rings is 1. The summed E-state index contributed by atoms with van der Waals surface area (Å²) in [6.07, 6.45) is 1.57. The molecule has 2 fully saturated rings. The number of aromatic nitrogens is 2. The minimum absolute atomic E-state index is 0.148. The quantitative estimate of drug-likeness (QED) is 0.764. The van der Waals surface area contributed by atoms with Crippen LogP contribution in [0.25, 0.3) is 0 Å². The maximum Gasteiger partial charge on any atom is 0.325 e. The molecule has 21 heavy (non-hydrogen) atoms. The summed E-state index contributed by atoms with van der Waals surface area (Å²) in [5.41, 5.74) is 0.889. The molecule has 0 saturated carbocycles. The van der Waals surface area contributed by atoms with Crippen molar-refractivity contribution in [2.45, 2.75) is 31.8 Å². The van der Waals surface area contributed by atoms with Gasteiger partial charge < -0.3 is 10.6 Å². The zero-order valence-electron chi connectivity index (χ0n) is 12.1. The maximum absolute atomic E-state index is 12.7. The van der Waals surface area contributed by atoms with E-state index in [9.17, 15) is 9.59 Å². The first kappa shape index (κ1) is 14.5. The van der Waals surface area contributed by atoms with E-state index in [1.54, 1.807) is 4.68 Å². The Labute approximate surface area is 131 Å². The highest BCUT2D eigenvalue weighted by atomic mass is 79.9. The van der Waals surface area contributed by atoms with Gasteiger partial charge in [-0.05, 0) is 42.2 Å². The Morgan fingerprint density at radius 3 is 2.76 bits per heavy atom. The van der Waals surface area contributed by atoms with Crippen molar-refractivity contribution in [2.24, 2.45) is 7.05 Å². The van der Waals surface area contributed by atoms with E-state index in [4.69, 9.17) is 0 Å². The number of hydrogen-bond acceptors (Lipinski definition) is 4. The van der Waals surface area contributed by atoms with Crippen LogP contribution in [-0.4, -0.2) is 45.2 Å². The van der Waals surface area contributed by atoms with Gasteiger partial charge in [-0.1, -0.05) is 0 Å². The SMILES string of the molecule is Cc1nn(C)c(CN2C(=O)NC3(CCCNC3)C2=O)c1Br. The standard InChI is InChI=1S/C13H18BrN5O2/c1-8-10(14)9(18(2)17-8)6-19-11(20)13(16-12(19)21)4-3-5-15-7-13/h15H,3-7H2,1-2H3,(H,16,21). The van der Waals surface area contributed by atoms with Crippen LogP contribution in [0.2, 0.25) is 0 Å². The molecule has 0 aromatic carbocycles. The van der Waals surface area contributed by atoms with Crippen molar-refractivity contribution in [3.8, 4) is 0 Å². The Morgan fingerprint density at radius 2 is 2.19 bits per heavy atom. The van der Waals surface area contributed by atoms with Crippen LogP contribution in [0.5, 0.6) is 0 Å². The molecule has 1 atom stereocenters. The number of imide groups is 1. The number of hydrogen-bond donors (Lipinski definition) is 2. The number of nitrogens with one attached hydrogen (secondary N) is 2. The molecule has 1 unspecified atom stereocenters. The molecule has 3 rings (SSSR count). The Hall–Kier alpha value is -1.41. The van der Waals surface area contributed by atoms with E-state index >= 15 is 0 Å². The van der Waals surface area contributed by atoms with Crippen molar-refractivity contribution < 1.29 is 9.59 Å². The van der Waals surface area contributed by atoms with Crippen LogP contribution in [0, 0.1) is 6.92 Å². The summed E-state index contributed by atoms with van der Waals surface area (Å²) in [6.45, 7) is 3.49. The van der Waals surface area contributed by atoms with Crippen molar-refractivity contribution in [3.05, 3.63) is 15.9 Å². The number of nitrogens with zero attached hydrogens (tertiary/aromatic N) is 3. The van der Waals surface area contributed by atoms with Gasteiger partial charge in [0.1, 0.15) is 5.54 Å². The number of carbonyl (C=O) groups is 2. The second-order valence-corrected chi connectivity index (χ2v) is 6.45. The van der Waals surface area contributed by atoms with Gasteiger partial charge in [-0.3, -0.25) is 14.4 Å². The number of aryl methyl sites for hydroxylation is 2. The van der Waals surface area contributed by atoms with E-state index in [-0.39, 0.29) is 18.5 Å². The second-order valence-electron chi connectivity index (χ2n) is 5.65. The monoisotopic (exact) mass is 355 g/mol. The first-order chi connectivity index (χ1) is 9.94. The second kappa shape index (κ2) is 5.10. The van der Waals surface area contributed by atoms with Gasteiger partial charge in [0.15, 0.2) is 0 Å². The lowest BCUT2D eigenvalue weighted by Crippen LogP contribution is -2.57. The molecule has 114 valence electrons. The Balaban J connectivity index is 1.86. The molecule has 2 aliphatic rings. The van der Waals surface area contributed by atoms with E-state index in [1.807, 2.05) is 14.0 Å². The smallest absolute Gasteiger partial charge is 0.322 e. The molecule has 3 heterocycles. The third-order valence-electron chi connectivity index (χ3n) is 4.20. The average Bonchev–Trinajstić information content (AvgIpc) is 2.82. The van der Waals surface area contributed by atoms with E-state index in [1.165, 1.54) is 4.90 Å². The highest BCUT2D eigenvalue weighted by Crippen LogP contribution is 2.28. The number of urea groups is 1. The van der Waals surface area contributed by atoms with Crippen molar-refractivity contribution in [2.75, 3.05) is 13.1 Å². The fraction of sp³-hybridized carbons (Fsp3) is 0.615. The molecule has 3 amide bonds. The Kier molecular flexibility index (Phi) is 3.53. The normalized spacial score (nSPS) is 25.8. The van der Waals surface area contributed by atoms with Crippen LogP contribution in [0.4, 0.5) is 4.79 Å². The molecule has 0 bridgehead atoms. The van der Waals surface area contributed by atoms with Gasteiger partial charge in [0.05, 0.1) is 22.4 Å². The van der Waals surface area contributed by atoms with Crippen molar-refractivity contribution in [1.82, 2.24) is 25.3 Å². The van der Waals surface area contributed by atoms with Crippen LogP contribution >= 0.6 is 15.9 Å². The highest BCUT2D eigenvalue weighted by Gasteiger charge is 2.51. The van der Waals surface area contributed by atoms with Crippen molar-refractivity contribution in [3.63, 3.8) is 0 Å². The van der Waals surface area contributed by atoms with Crippen molar-refractivity contribution >= 4 is 27.9 Å². The molecular formula is C13H18BrN5O2. The van der Waals surface area contributed by atoms with E-state index in [0.717, 1.165) is 28.8 Å². The number of halogens is 1. The summed E-state index contributed by atoms with van der Waals surface area (Å²) < 4.78 is 2.54. The lowest BCUT2D eigenvalue weighted by molar-refractivity contribution is -0.132. The largest absolute Gasteiger partial charge is 0.325 e. The Bertz CT molecular complexity index is 606. The predicted octanol–water partition coefficient (Wildman–Crippen LogP) is 0.665. The number of amides is 3. The van der Waals surface area contributed by atoms with Crippen LogP contribution in [0.3, 0.4) is 0 Å². The fourth-order valence-corrected chi connectivity index (χ4v) is 3.48. The predicted molar refractivity (Wildman–Crippen MR) is 79.6 cm³/mol.